The van der Waals surface area contributed by atoms with E-state index in [1.165, 1.54) is 9.87 Å². The topological polar surface area (TPSA) is 68.3 Å². The number of benzene rings is 2. The number of nitrogens with zero attached hydrogens (tertiary/aromatic N) is 2. The Balaban J connectivity index is 1.34. The van der Waals surface area contributed by atoms with Crippen molar-refractivity contribution in [1.29, 1.82) is 0 Å². The second-order valence-electron chi connectivity index (χ2n) is 8.55. The van der Waals surface area contributed by atoms with Gasteiger partial charge in [0.05, 0.1) is 31.3 Å². The number of likely N-dealkylation sites (tertiary alicyclic amines) is 1. The molecule has 2 aromatic rings. The van der Waals surface area contributed by atoms with Gasteiger partial charge in [-0.2, -0.15) is 4.31 Å². The van der Waals surface area contributed by atoms with Crippen LogP contribution in [0, 0.1) is 0 Å². The Morgan fingerprint density at radius 1 is 0.875 bits per heavy atom. The van der Waals surface area contributed by atoms with Gasteiger partial charge in [0, 0.05) is 32.1 Å². The molecule has 1 atom stereocenters. The highest BCUT2D eigenvalue weighted by Crippen LogP contribution is 2.38. The molecule has 0 amide bonds. The highest BCUT2D eigenvalue weighted by atomic mass is 32.2. The van der Waals surface area contributed by atoms with Crippen molar-refractivity contribution in [3.8, 4) is 11.5 Å². The SMILES string of the molecule is O=S(=O)(c1cccc(CN2CCC[C@@H]2c2ccc3c(c2)OCCCO3)c1)N1CCOCC1. The summed E-state index contributed by atoms with van der Waals surface area (Å²) >= 11 is 0. The molecular weight excluding hydrogens is 428 g/mol. The first-order chi connectivity index (χ1) is 15.6. The lowest BCUT2D eigenvalue weighted by Crippen LogP contribution is -2.40. The molecule has 7 nitrogen and oxygen atoms in total. The summed E-state index contributed by atoms with van der Waals surface area (Å²) in [4.78, 5) is 2.79. The molecule has 0 saturated carbocycles. The van der Waals surface area contributed by atoms with E-state index in [-0.39, 0.29) is 6.04 Å². The van der Waals surface area contributed by atoms with Crippen LogP contribution >= 0.6 is 0 Å². The molecule has 32 heavy (non-hydrogen) atoms. The van der Waals surface area contributed by atoms with Crippen molar-refractivity contribution >= 4 is 10.0 Å². The van der Waals surface area contributed by atoms with E-state index in [4.69, 9.17) is 14.2 Å². The standard InChI is InChI=1S/C24H30N2O5S/c27-32(28,26-10-14-29-15-11-26)21-5-1-4-19(16-21)18-25-9-2-6-22(25)20-7-8-23-24(17-20)31-13-3-12-30-23/h1,4-5,7-8,16-17,22H,2-3,6,9-15,18H2/t22-/m1/s1. The van der Waals surface area contributed by atoms with E-state index in [2.05, 4.69) is 17.0 Å². The molecule has 0 radical (unpaired) electrons. The van der Waals surface area contributed by atoms with Gasteiger partial charge in [-0.1, -0.05) is 18.2 Å². The second kappa shape index (κ2) is 9.39. The van der Waals surface area contributed by atoms with Crippen molar-refractivity contribution in [2.75, 3.05) is 46.1 Å². The van der Waals surface area contributed by atoms with Gasteiger partial charge in [-0.15, -0.1) is 0 Å². The van der Waals surface area contributed by atoms with Crippen molar-refractivity contribution in [2.24, 2.45) is 0 Å². The molecule has 172 valence electrons. The average molecular weight is 459 g/mol. The smallest absolute Gasteiger partial charge is 0.243 e. The zero-order chi connectivity index (χ0) is 22.0. The zero-order valence-electron chi connectivity index (χ0n) is 18.2. The van der Waals surface area contributed by atoms with Gasteiger partial charge in [0.25, 0.3) is 0 Å². The molecule has 2 aromatic carbocycles. The lowest BCUT2D eigenvalue weighted by Gasteiger charge is -2.27. The minimum absolute atomic E-state index is 0.284. The molecule has 3 heterocycles. The molecule has 0 aliphatic carbocycles. The Morgan fingerprint density at radius 3 is 2.53 bits per heavy atom. The molecule has 0 bridgehead atoms. The molecule has 0 spiro atoms. The van der Waals surface area contributed by atoms with Crippen molar-refractivity contribution in [3.63, 3.8) is 0 Å². The number of hydrogen-bond donors (Lipinski definition) is 0. The number of morpholine rings is 1. The van der Waals surface area contributed by atoms with E-state index in [9.17, 15) is 8.42 Å². The third kappa shape index (κ3) is 4.50. The fraction of sp³-hybridized carbons (Fsp3) is 0.500. The van der Waals surface area contributed by atoms with Crippen LogP contribution in [0.2, 0.25) is 0 Å². The van der Waals surface area contributed by atoms with Gasteiger partial charge in [-0.05, 0) is 54.8 Å². The Bertz CT molecular complexity index is 1050. The van der Waals surface area contributed by atoms with Gasteiger partial charge in [0.1, 0.15) is 0 Å². The first-order valence-corrected chi connectivity index (χ1v) is 12.9. The molecule has 0 N–H and O–H groups in total. The number of hydrogen-bond acceptors (Lipinski definition) is 6. The van der Waals surface area contributed by atoms with Gasteiger partial charge in [-0.25, -0.2) is 8.42 Å². The third-order valence-corrected chi connectivity index (χ3v) is 8.31. The quantitative estimate of drug-likeness (QED) is 0.686. The van der Waals surface area contributed by atoms with E-state index >= 15 is 0 Å². The second-order valence-corrected chi connectivity index (χ2v) is 10.5. The normalized spacial score (nSPS) is 22.6. The van der Waals surface area contributed by atoms with Crippen molar-refractivity contribution < 1.29 is 22.6 Å². The highest BCUT2D eigenvalue weighted by Gasteiger charge is 2.29. The van der Waals surface area contributed by atoms with E-state index < -0.39 is 10.0 Å². The van der Waals surface area contributed by atoms with Crippen LogP contribution in [0.3, 0.4) is 0 Å². The predicted octanol–water partition coefficient (Wildman–Crippen LogP) is 3.21. The fourth-order valence-corrected chi connectivity index (χ4v) is 6.23. The maximum absolute atomic E-state index is 13.1. The number of rotatable bonds is 5. The van der Waals surface area contributed by atoms with Gasteiger partial charge in [0.15, 0.2) is 11.5 Å². The molecule has 3 aliphatic heterocycles. The summed E-state index contributed by atoms with van der Waals surface area (Å²) in [7, 11) is -3.49. The average Bonchev–Trinajstić information content (AvgIpc) is 3.15. The third-order valence-electron chi connectivity index (χ3n) is 6.41. The van der Waals surface area contributed by atoms with E-state index in [1.807, 2.05) is 24.3 Å². The summed E-state index contributed by atoms with van der Waals surface area (Å²) in [6.07, 6.45) is 3.08. The lowest BCUT2D eigenvalue weighted by molar-refractivity contribution is 0.0730. The van der Waals surface area contributed by atoms with Crippen molar-refractivity contribution in [2.45, 2.75) is 36.7 Å². The van der Waals surface area contributed by atoms with Crippen LogP contribution < -0.4 is 9.47 Å². The van der Waals surface area contributed by atoms with Crippen molar-refractivity contribution in [1.82, 2.24) is 9.21 Å². The molecule has 2 fully saturated rings. The van der Waals surface area contributed by atoms with Crippen molar-refractivity contribution in [3.05, 3.63) is 53.6 Å². The first-order valence-electron chi connectivity index (χ1n) is 11.4. The van der Waals surface area contributed by atoms with Crippen LogP contribution in [0.25, 0.3) is 0 Å². The van der Waals surface area contributed by atoms with Crippen LogP contribution in [0.15, 0.2) is 47.4 Å². The molecule has 8 heteroatoms. The van der Waals surface area contributed by atoms with E-state index in [0.29, 0.717) is 51.0 Å². The van der Waals surface area contributed by atoms with Crippen LogP contribution in [0.5, 0.6) is 11.5 Å². The molecule has 3 aliphatic rings. The first kappa shape index (κ1) is 21.7. The summed E-state index contributed by atoms with van der Waals surface area (Å²) in [6.45, 7) is 4.77. The predicted molar refractivity (Wildman–Crippen MR) is 120 cm³/mol. The van der Waals surface area contributed by atoms with E-state index in [1.54, 1.807) is 6.07 Å². The maximum Gasteiger partial charge on any atom is 0.243 e. The van der Waals surface area contributed by atoms with Crippen LogP contribution in [-0.2, 0) is 21.3 Å². The van der Waals surface area contributed by atoms with Gasteiger partial charge in [-0.3, -0.25) is 4.90 Å². The van der Waals surface area contributed by atoms with Crippen LogP contribution in [0.1, 0.15) is 36.4 Å². The summed E-state index contributed by atoms with van der Waals surface area (Å²) in [5, 5.41) is 0. The fourth-order valence-electron chi connectivity index (χ4n) is 4.75. The number of fused-ring (bicyclic) bond motifs is 1. The van der Waals surface area contributed by atoms with Crippen LogP contribution in [-0.4, -0.2) is 63.7 Å². The Kier molecular flexibility index (Phi) is 6.37. The Morgan fingerprint density at radius 2 is 1.69 bits per heavy atom. The minimum Gasteiger partial charge on any atom is -0.490 e. The monoisotopic (exact) mass is 458 g/mol. The summed E-state index contributed by atoms with van der Waals surface area (Å²) in [6, 6.07) is 13.9. The molecule has 2 saturated heterocycles. The van der Waals surface area contributed by atoms with E-state index in [0.717, 1.165) is 42.9 Å². The molecule has 5 rings (SSSR count). The highest BCUT2D eigenvalue weighted by molar-refractivity contribution is 7.89. The molecular formula is C24H30N2O5S. The summed E-state index contributed by atoms with van der Waals surface area (Å²) in [5.41, 5.74) is 2.24. The molecule has 0 aromatic heterocycles. The molecule has 0 unspecified atom stereocenters. The summed E-state index contributed by atoms with van der Waals surface area (Å²) < 4.78 is 44.6. The van der Waals surface area contributed by atoms with Crippen LogP contribution in [0.4, 0.5) is 0 Å². The summed E-state index contributed by atoms with van der Waals surface area (Å²) in [5.74, 6) is 1.64. The maximum atomic E-state index is 13.1. The number of ether oxygens (including phenoxy) is 3. The zero-order valence-corrected chi connectivity index (χ0v) is 19.1. The lowest BCUT2D eigenvalue weighted by atomic mass is 10.0. The van der Waals surface area contributed by atoms with Gasteiger partial charge >= 0.3 is 0 Å². The van der Waals surface area contributed by atoms with Gasteiger partial charge < -0.3 is 14.2 Å². The Hall–Kier alpha value is -2.13. The minimum atomic E-state index is -3.49. The Labute approximate surface area is 189 Å². The number of sulfonamides is 1. The largest absolute Gasteiger partial charge is 0.490 e. The van der Waals surface area contributed by atoms with Gasteiger partial charge in [0.2, 0.25) is 10.0 Å².